The van der Waals surface area contributed by atoms with Crippen LogP contribution in [0.25, 0.3) is 0 Å². The lowest BCUT2D eigenvalue weighted by molar-refractivity contribution is -0.135. The zero-order chi connectivity index (χ0) is 15.4. The number of carbonyl (C=O) groups excluding carboxylic acids is 1. The number of carbonyl (C=O) groups is 2. The molecule has 1 unspecified atom stereocenters. The first-order valence-corrected chi connectivity index (χ1v) is 7.35. The van der Waals surface area contributed by atoms with E-state index in [2.05, 4.69) is 0 Å². The summed E-state index contributed by atoms with van der Waals surface area (Å²) in [4.78, 5) is 27.0. The zero-order valence-electron chi connectivity index (χ0n) is 12.6. The van der Waals surface area contributed by atoms with Gasteiger partial charge in [-0.05, 0) is 45.2 Å². The number of carboxylic acids is 1. The van der Waals surface area contributed by atoms with Crippen molar-refractivity contribution in [2.24, 2.45) is 0 Å². The maximum Gasteiger partial charge on any atom is 0.325 e. The van der Waals surface area contributed by atoms with Crippen molar-refractivity contribution in [3.63, 3.8) is 0 Å². The Morgan fingerprint density at radius 1 is 1.29 bits per heavy atom. The van der Waals surface area contributed by atoms with Crippen molar-refractivity contribution in [1.29, 1.82) is 0 Å². The molecule has 2 amide bonds. The molecule has 0 radical (unpaired) electrons. The molecule has 1 fully saturated rings. The molecular weight excluding hydrogens is 268 g/mol. The quantitative estimate of drug-likeness (QED) is 0.931. The van der Waals surface area contributed by atoms with E-state index >= 15 is 0 Å². The van der Waals surface area contributed by atoms with Crippen molar-refractivity contribution in [2.75, 3.05) is 18.0 Å². The number of benzene rings is 1. The van der Waals surface area contributed by atoms with Crippen LogP contribution in [0.5, 0.6) is 0 Å². The third kappa shape index (κ3) is 3.74. The summed E-state index contributed by atoms with van der Waals surface area (Å²) in [5, 5.41) is 9.10. The number of likely N-dealkylation sites (tertiary alicyclic amines) is 1. The molecule has 1 aromatic carbocycles. The molecule has 5 nitrogen and oxygen atoms in total. The van der Waals surface area contributed by atoms with Crippen LogP contribution in [-0.2, 0) is 4.79 Å². The fraction of sp³-hybridized carbons (Fsp3) is 0.500. The summed E-state index contributed by atoms with van der Waals surface area (Å²) in [6.07, 6.45) is 3.07. The molecule has 0 spiro atoms. The van der Waals surface area contributed by atoms with Gasteiger partial charge in [-0.1, -0.05) is 17.7 Å². The molecule has 5 heteroatoms. The topological polar surface area (TPSA) is 60.9 Å². The van der Waals surface area contributed by atoms with Crippen molar-refractivity contribution >= 4 is 17.7 Å². The maximum absolute atomic E-state index is 12.7. The van der Waals surface area contributed by atoms with Crippen LogP contribution in [0.1, 0.15) is 31.7 Å². The predicted octanol–water partition coefficient (Wildman–Crippen LogP) is 2.88. The highest BCUT2D eigenvalue weighted by atomic mass is 16.4. The van der Waals surface area contributed by atoms with Crippen molar-refractivity contribution in [3.05, 3.63) is 29.8 Å². The Labute approximate surface area is 125 Å². The van der Waals surface area contributed by atoms with Crippen LogP contribution in [0.15, 0.2) is 24.3 Å². The van der Waals surface area contributed by atoms with Gasteiger partial charge in [0.05, 0.1) is 0 Å². The average molecular weight is 290 g/mol. The minimum Gasteiger partial charge on any atom is -0.480 e. The van der Waals surface area contributed by atoms with Crippen LogP contribution in [-0.4, -0.2) is 41.1 Å². The molecule has 0 bridgehead atoms. The summed E-state index contributed by atoms with van der Waals surface area (Å²) < 4.78 is 0. The van der Waals surface area contributed by atoms with E-state index < -0.39 is 5.97 Å². The van der Waals surface area contributed by atoms with Gasteiger partial charge in [0.1, 0.15) is 6.54 Å². The highest BCUT2D eigenvalue weighted by molar-refractivity contribution is 5.96. The number of amides is 2. The van der Waals surface area contributed by atoms with Crippen LogP contribution < -0.4 is 4.90 Å². The number of hydrogen-bond donors (Lipinski definition) is 1. The van der Waals surface area contributed by atoms with Crippen LogP contribution in [0.2, 0.25) is 0 Å². The molecule has 1 saturated heterocycles. The second-order valence-corrected chi connectivity index (χ2v) is 5.64. The number of piperidine rings is 1. The number of rotatable bonds is 3. The second kappa shape index (κ2) is 6.61. The smallest absolute Gasteiger partial charge is 0.325 e. The molecule has 1 N–H and O–H groups in total. The number of aryl methyl sites for hydroxylation is 1. The van der Waals surface area contributed by atoms with Crippen molar-refractivity contribution in [1.82, 2.24) is 4.90 Å². The van der Waals surface area contributed by atoms with Gasteiger partial charge in [0.15, 0.2) is 0 Å². The summed E-state index contributed by atoms with van der Waals surface area (Å²) in [6, 6.07) is 7.31. The van der Waals surface area contributed by atoms with Gasteiger partial charge in [0.25, 0.3) is 0 Å². The summed E-state index contributed by atoms with van der Waals surface area (Å²) >= 11 is 0. The van der Waals surface area contributed by atoms with Crippen LogP contribution in [0.4, 0.5) is 10.5 Å². The summed E-state index contributed by atoms with van der Waals surface area (Å²) in [5.74, 6) is -1.01. The minimum atomic E-state index is -1.01. The fourth-order valence-corrected chi connectivity index (χ4v) is 2.67. The first kappa shape index (κ1) is 15.4. The largest absolute Gasteiger partial charge is 0.480 e. The highest BCUT2D eigenvalue weighted by Crippen LogP contribution is 2.22. The number of carboxylic acid groups (broad SMARTS) is 1. The first-order valence-electron chi connectivity index (χ1n) is 7.35. The number of hydrogen-bond acceptors (Lipinski definition) is 2. The molecule has 114 valence electrons. The first-order chi connectivity index (χ1) is 9.99. The fourth-order valence-electron chi connectivity index (χ4n) is 2.67. The predicted molar refractivity (Wildman–Crippen MR) is 81.6 cm³/mol. The van der Waals surface area contributed by atoms with Gasteiger partial charge in [0.2, 0.25) is 0 Å². The van der Waals surface area contributed by atoms with E-state index in [1.165, 1.54) is 4.90 Å². The Kier molecular flexibility index (Phi) is 4.83. The summed E-state index contributed by atoms with van der Waals surface area (Å²) in [7, 11) is 0. The van der Waals surface area contributed by atoms with E-state index in [4.69, 9.17) is 5.11 Å². The standard InChI is InChI=1S/C16H22N2O3/c1-12-6-8-14(9-7-12)18(11-15(19)20)16(21)17-10-4-3-5-13(17)2/h6-9,13H,3-5,10-11H2,1-2H3,(H,19,20). The number of anilines is 1. The Morgan fingerprint density at radius 3 is 2.52 bits per heavy atom. The monoisotopic (exact) mass is 290 g/mol. The van der Waals surface area contributed by atoms with Gasteiger partial charge >= 0.3 is 12.0 Å². The third-order valence-corrected chi connectivity index (χ3v) is 3.92. The van der Waals surface area contributed by atoms with E-state index in [1.54, 1.807) is 17.0 Å². The third-order valence-electron chi connectivity index (χ3n) is 3.92. The lowest BCUT2D eigenvalue weighted by Gasteiger charge is -2.37. The Balaban J connectivity index is 2.24. The lowest BCUT2D eigenvalue weighted by atomic mass is 10.0. The Bertz CT molecular complexity index is 513. The Hall–Kier alpha value is -2.04. The van der Waals surface area contributed by atoms with E-state index in [1.807, 2.05) is 26.0 Å². The van der Waals surface area contributed by atoms with Gasteiger partial charge in [-0.2, -0.15) is 0 Å². The molecule has 21 heavy (non-hydrogen) atoms. The Morgan fingerprint density at radius 2 is 1.95 bits per heavy atom. The van der Waals surface area contributed by atoms with Crippen molar-refractivity contribution in [3.8, 4) is 0 Å². The molecule has 0 saturated carbocycles. The molecule has 1 heterocycles. The van der Waals surface area contributed by atoms with E-state index in [9.17, 15) is 9.59 Å². The van der Waals surface area contributed by atoms with E-state index in [-0.39, 0.29) is 18.6 Å². The van der Waals surface area contributed by atoms with Crippen LogP contribution in [0, 0.1) is 6.92 Å². The summed E-state index contributed by atoms with van der Waals surface area (Å²) in [6.45, 7) is 4.36. The molecular formula is C16H22N2O3. The maximum atomic E-state index is 12.7. The molecule has 0 aliphatic carbocycles. The van der Waals surface area contributed by atoms with E-state index in [0.29, 0.717) is 12.2 Å². The number of nitrogens with zero attached hydrogens (tertiary/aromatic N) is 2. The molecule has 1 aromatic rings. The number of aliphatic carboxylic acids is 1. The zero-order valence-corrected chi connectivity index (χ0v) is 12.6. The lowest BCUT2D eigenvalue weighted by Crippen LogP contribution is -2.50. The molecule has 0 aromatic heterocycles. The van der Waals surface area contributed by atoms with Gasteiger partial charge in [-0.25, -0.2) is 4.79 Å². The van der Waals surface area contributed by atoms with Crippen LogP contribution >= 0.6 is 0 Å². The van der Waals surface area contributed by atoms with Gasteiger partial charge in [-0.3, -0.25) is 9.69 Å². The van der Waals surface area contributed by atoms with Gasteiger partial charge < -0.3 is 10.0 Å². The highest BCUT2D eigenvalue weighted by Gasteiger charge is 2.29. The molecule has 1 aliphatic heterocycles. The van der Waals surface area contributed by atoms with Crippen molar-refractivity contribution < 1.29 is 14.7 Å². The SMILES string of the molecule is Cc1ccc(N(CC(=O)O)C(=O)N2CCCCC2C)cc1. The van der Waals surface area contributed by atoms with Gasteiger partial charge in [0, 0.05) is 18.3 Å². The average Bonchev–Trinajstić information content (AvgIpc) is 2.45. The van der Waals surface area contributed by atoms with Gasteiger partial charge in [-0.15, -0.1) is 0 Å². The second-order valence-electron chi connectivity index (χ2n) is 5.64. The minimum absolute atomic E-state index is 0.160. The van der Waals surface area contributed by atoms with E-state index in [0.717, 1.165) is 24.8 Å². The van der Waals surface area contributed by atoms with Crippen molar-refractivity contribution in [2.45, 2.75) is 39.2 Å². The number of urea groups is 1. The van der Waals surface area contributed by atoms with Crippen LogP contribution in [0.3, 0.4) is 0 Å². The molecule has 2 rings (SSSR count). The normalized spacial score (nSPS) is 18.4. The molecule has 1 atom stereocenters. The molecule has 1 aliphatic rings. The summed E-state index contributed by atoms with van der Waals surface area (Å²) in [5.41, 5.74) is 1.71.